The summed E-state index contributed by atoms with van der Waals surface area (Å²) in [4.78, 5) is 18.1. The van der Waals surface area contributed by atoms with Crippen molar-refractivity contribution >= 4 is 17.2 Å². The zero-order chi connectivity index (χ0) is 12.6. The number of carbonyl (C=O) groups is 1. The Labute approximate surface area is 94.4 Å². The zero-order valence-corrected chi connectivity index (χ0v) is 9.08. The van der Waals surface area contributed by atoms with E-state index in [1.807, 2.05) is 0 Å². The van der Waals surface area contributed by atoms with Gasteiger partial charge in [0, 0.05) is 0 Å². The molecule has 5 nitrogen and oxygen atoms in total. The maximum atomic E-state index is 12.9. The molecule has 2 aromatic heterocycles. The van der Waals surface area contributed by atoms with E-state index in [1.165, 1.54) is 6.92 Å². The normalized spacial score (nSPS) is 10.8. The fourth-order valence-electron chi connectivity index (χ4n) is 1.42. The van der Waals surface area contributed by atoms with E-state index in [0.29, 0.717) is 0 Å². The van der Waals surface area contributed by atoms with Crippen molar-refractivity contribution in [2.24, 2.45) is 0 Å². The Morgan fingerprint density at radius 3 is 2.65 bits per heavy atom. The number of aromatic nitrogens is 2. The summed E-state index contributed by atoms with van der Waals surface area (Å²) in [5.41, 5.74) is -0.405. The average Bonchev–Trinajstić information content (AvgIpc) is 2.55. The Balaban J connectivity index is 2.66. The Bertz CT molecular complexity index is 595. The second kappa shape index (κ2) is 4.08. The molecule has 0 radical (unpaired) electrons. The Kier molecular flexibility index (Phi) is 2.74. The minimum Gasteiger partial charge on any atom is -0.462 e. The summed E-state index contributed by atoms with van der Waals surface area (Å²) in [6.07, 6.45) is 0. The number of carbonyl (C=O) groups excluding carboxylic acids is 1. The second-order valence-electron chi connectivity index (χ2n) is 3.21. The molecular weight excluding hydrogens is 234 g/mol. The third-order valence-electron chi connectivity index (χ3n) is 2.10. The van der Waals surface area contributed by atoms with Crippen molar-refractivity contribution in [2.45, 2.75) is 13.8 Å². The summed E-state index contributed by atoms with van der Waals surface area (Å²) in [7, 11) is 0. The molecule has 0 aliphatic carbocycles. The van der Waals surface area contributed by atoms with Gasteiger partial charge in [0.15, 0.2) is 0 Å². The van der Waals surface area contributed by atoms with Crippen LogP contribution in [-0.2, 0) is 4.74 Å². The summed E-state index contributed by atoms with van der Waals surface area (Å²) in [5, 5.41) is 0. The summed E-state index contributed by atoms with van der Waals surface area (Å²) >= 11 is 0. The van der Waals surface area contributed by atoms with Gasteiger partial charge in [-0.3, -0.25) is 0 Å². The molecule has 2 rings (SSSR count). The van der Waals surface area contributed by atoms with E-state index >= 15 is 0 Å². The van der Waals surface area contributed by atoms with Crippen molar-refractivity contribution < 1.29 is 22.7 Å². The van der Waals surface area contributed by atoms with Gasteiger partial charge in [0.2, 0.25) is 5.71 Å². The zero-order valence-electron chi connectivity index (χ0n) is 9.08. The van der Waals surface area contributed by atoms with Crippen molar-refractivity contribution in [1.29, 1.82) is 0 Å². The predicted octanol–water partition coefficient (Wildman–Crippen LogP) is 1.99. The van der Waals surface area contributed by atoms with Crippen LogP contribution < -0.4 is 0 Å². The van der Waals surface area contributed by atoms with Crippen LogP contribution in [0.4, 0.5) is 8.78 Å². The lowest BCUT2D eigenvalue weighted by molar-refractivity contribution is 0.0526. The molecule has 0 aliphatic rings. The highest BCUT2D eigenvalue weighted by molar-refractivity contribution is 6.01. The van der Waals surface area contributed by atoms with E-state index in [1.54, 1.807) is 6.92 Å². The molecule has 0 saturated heterocycles. The van der Waals surface area contributed by atoms with Gasteiger partial charge in [0.25, 0.3) is 11.9 Å². The van der Waals surface area contributed by atoms with Crippen LogP contribution in [0.5, 0.6) is 0 Å². The number of aryl methyl sites for hydroxylation is 1. The Hall–Kier alpha value is -2.05. The third-order valence-corrected chi connectivity index (χ3v) is 2.10. The fraction of sp³-hybridized carbons (Fsp3) is 0.300. The monoisotopic (exact) mass is 242 g/mol. The highest BCUT2D eigenvalue weighted by Crippen LogP contribution is 2.23. The standard InChI is InChI=1S/C10H8F2N2O3/c1-3-16-10(15)5-4(2)17-9-6(5)13-7(11)8(12)14-9/h3H2,1-2H3. The van der Waals surface area contributed by atoms with Crippen LogP contribution in [0.1, 0.15) is 23.0 Å². The molecule has 7 heteroatoms. The van der Waals surface area contributed by atoms with E-state index in [0.717, 1.165) is 0 Å². The third kappa shape index (κ3) is 1.83. The average molecular weight is 242 g/mol. The fourth-order valence-corrected chi connectivity index (χ4v) is 1.42. The highest BCUT2D eigenvalue weighted by Gasteiger charge is 2.23. The van der Waals surface area contributed by atoms with Gasteiger partial charge in [-0.05, 0) is 13.8 Å². The molecule has 0 atom stereocenters. The van der Waals surface area contributed by atoms with Crippen LogP contribution in [0, 0.1) is 18.8 Å². The molecule has 0 aliphatic heterocycles. The number of nitrogens with zero attached hydrogens (tertiary/aromatic N) is 2. The smallest absolute Gasteiger partial charge is 0.344 e. The van der Waals surface area contributed by atoms with Gasteiger partial charge in [0.1, 0.15) is 16.8 Å². The number of rotatable bonds is 2. The van der Waals surface area contributed by atoms with Gasteiger partial charge < -0.3 is 9.15 Å². The number of fused-ring (bicyclic) bond motifs is 1. The Morgan fingerprint density at radius 2 is 2.00 bits per heavy atom. The van der Waals surface area contributed by atoms with E-state index in [2.05, 4.69) is 9.97 Å². The summed E-state index contributed by atoms with van der Waals surface area (Å²) in [6.45, 7) is 3.24. The number of ether oxygens (including phenoxy) is 1. The largest absolute Gasteiger partial charge is 0.462 e. The van der Waals surface area contributed by atoms with Gasteiger partial charge in [-0.1, -0.05) is 0 Å². The van der Waals surface area contributed by atoms with Gasteiger partial charge in [-0.25, -0.2) is 9.78 Å². The van der Waals surface area contributed by atoms with Crippen molar-refractivity contribution in [3.63, 3.8) is 0 Å². The van der Waals surface area contributed by atoms with Crippen LogP contribution in [0.15, 0.2) is 4.42 Å². The van der Waals surface area contributed by atoms with Crippen LogP contribution in [0.3, 0.4) is 0 Å². The van der Waals surface area contributed by atoms with E-state index in [4.69, 9.17) is 9.15 Å². The molecule has 0 aromatic carbocycles. The van der Waals surface area contributed by atoms with Crippen LogP contribution in [-0.4, -0.2) is 22.5 Å². The topological polar surface area (TPSA) is 65.2 Å². The first kappa shape index (κ1) is 11.4. The molecule has 90 valence electrons. The predicted molar refractivity (Wildman–Crippen MR) is 52.4 cm³/mol. The molecule has 2 heterocycles. The lowest BCUT2D eigenvalue weighted by atomic mass is 10.2. The van der Waals surface area contributed by atoms with Gasteiger partial charge in [-0.2, -0.15) is 13.8 Å². The van der Waals surface area contributed by atoms with Gasteiger partial charge in [0.05, 0.1) is 6.61 Å². The van der Waals surface area contributed by atoms with Crippen molar-refractivity contribution in [1.82, 2.24) is 9.97 Å². The van der Waals surface area contributed by atoms with Crippen molar-refractivity contribution in [3.8, 4) is 0 Å². The van der Waals surface area contributed by atoms with Gasteiger partial charge in [-0.15, -0.1) is 0 Å². The van der Waals surface area contributed by atoms with E-state index in [-0.39, 0.29) is 29.2 Å². The van der Waals surface area contributed by atoms with Crippen LogP contribution in [0.25, 0.3) is 11.2 Å². The molecule has 2 aromatic rings. The Morgan fingerprint density at radius 1 is 1.35 bits per heavy atom. The molecule has 17 heavy (non-hydrogen) atoms. The lowest BCUT2D eigenvalue weighted by Crippen LogP contribution is -2.06. The number of esters is 1. The summed E-state index contributed by atoms with van der Waals surface area (Å²) < 4.78 is 35.5. The minimum atomic E-state index is -1.39. The first-order chi connectivity index (χ1) is 8.04. The molecule has 0 fully saturated rings. The van der Waals surface area contributed by atoms with Gasteiger partial charge >= 0.3 is 5.97 Å². The molecular formula is C10H8F2N2O3. The lowest BCUT2D eigenvalue weighted by Gasteiger charge is -1.99. The highest BCUT2D eigenvalue weighted by atomic mass is 19.2. The first-order valence-corrected chi connectivity index (χ1v) is 4.83. The SMILES string of the molecule is CCOC(=O)c1c(C)oc2nc(F)c(F)nc12. The maximum absolute atomic E-state index is 12.9. The molecule has 0 amide bonds. The number of hydrogen-bond donors (Lipinski definition) is 0. The minimum absolute atomic E-state index is 0.0340. The molecule has 0 N–H and O–H groups in total. The summed E-state index contributed by atoms with van der Waals surface area (Å²) in [6, 6.07) is 0. The van der Waals surface area contributed by atoms with Crippen molar-refractivity contribution in [3.05, 3.63) is 23.2 Å². The van der Waals surface area contributed by atoms with Crippen LogP contribution in [0.2, 0.25) is 0 Å². The number of hydrogen-bond acceptors (Lipinski definition) is 5. The molecule has 0 bridgehead atoms. The van der Waals surface area contributed by atoms with E-state index in [9.17, 15) is 13.6 Å². The quantitative estimate of drug-likeness (QED) is 0.753. The molecule has 0 unspecified atom stereocenters. The molecule has 0 spiro atoms. The summed E-state index contributed by atoms with van der Waals surface area (Å²) in [5.74, 6) is -3.31. The first-order valence-electron chi connectivity index (χ1n) is 4.83. The second-order valence-corrected chi connectivity index (χ2v) is 3.21. The molecule has 0 saturated carbocycles. The maximum Gasteiger partial charge on any atom is 0.344 e. The number of furan rings is 1. The van der Waals surface area contributed by atoms with Crippen molar-refractivity contribution in [2.75, 3.05) is 6.61 Å². The van der Waals surface area contributed by atoms with Crippen LogP contribution >= 0.6 is 0 Å². The van der Waals surface area contributed by atoms with E-state index < -0.39 is 17.9 Å². The number of halogens is 2.